The molecule has 0 atom stereocenters. The minimum absolute atomic E-state index is 0.0402. The number of rotatable bonds is 5. The predicted octanol–water partition coefficient (Wildman–Crippen LogP) is 4.09. The van der Waals surface area contributed by atoms with Crippen molar-refractivity contribution in [1.29, 1.82) is 0 Å². The fourth-order valence-corrected chi connectivity index (χ4v) is 3.60. The van der Waals surface area contributed by atoms with Crippen molar-refractivity contribution in [3.8, 4) is 0 Å². The molecule has 7 nitrogen and oxygen atoms in total. The second-order valence-corrected chi connectivity index (χ2v) is 7.19. The Bertz CT molecular complexity index is 1120. The minimum atomic E-state index is -1.33. The van der Waals surface area contributed by atoms with Gasteiger partial charge in [0, 0.05) is 23.9 Å². The third kappa shape index (κ3) is 4.95. The van der Waals surface area contributed by atoms with E-state index >= 15 is 0 Å². The van der Waals surface area contributed by atoms with Crippen LogP contribution in [0.2, 0.25) is 0 Å². The lowest BCUT2D eigenvalue weighted by Crippen LogP contribution is -2.35. The number of aromatic nitrogens is 1. The molecule has 9 heteroatoms. The van der Waals surface area contributed by atoms with Crippen LogP contribution in [0.5, 0.6) is 0 Å². The molecule has 4 rings (SSSR count). The maximum absolute atomic E-state index is 13.5. The summed E-state index contributed by atoms with van der Waals surface area (Å²) in [6.45, 7) is 0. The van der Waals surface area contributed by atoms with Gasteiger partial charge in [0.2, 0.25) is 0 Å². The van der Waals surface area contributed by atoms with Gasteiger partial charge in [0.1, 0.15) is 23.1 Å². The molecule has 3 aromatic rings. The number of benzene rings is 2. The molecule has 1 aliphatic carbocycles. The van der Waals surface area contributed by atoms with Crippen molar-refractivity contribution in [2.75, 3.05) is 10.6 Å². The average molecular weight is 424 g/mol. The third-order valence-corrected chi connectivity index (χ3v) is 4.83. The van der Waals surface area contributed by atoms with Crippen LogP contribution in [-0.4, -0.2) is 28.1 Å². The van der Waals surface area contributed by atoms with Gasteiger partial charge in [0.25, 0.3) is 5.91 Å². The molecule has 0 bridgehead atoms. The number of carboxylic acid groups (broad SMARTS) is 1. The van der Waals surface area contributed by atoms with Crippen molar-refractivity contribution in [3.63, 3.8) is 0 Å². The summed E-state index contributed by atoms with van der Waals surface area (Å²) in [6, 6.07) is 13.2. The highest BCUT2D eigenvalue weighted by Gasteiger charge is 2.23. The van der Waals surface area contributed by atoms with E-state index in [1.54, 1.807) is 0 Å². The number of pyridine rings is 1. The fraction of sp³-hybridized carbons (Fsp3) is 0.136. The molecular weight excluding hydrogens is 406 g/mol. The maximum Gasteiger partial charge on any atom is 0.409 e. The Hall–Kier alpha value is -4.01. The number of amides is 2. The molecule has 0 spiro atoms. The van der Waals surface area contributed by atoms with Crippen LogP contribution in [0, 0.1) is 11.6 Å². The Morgan fingerprint density at radius 3 is 2.19 bits per heavy atom. The Kier molecular flexibility index (Phi) is 5.48. The van der Waals surface area contributed by atoms with Gasteiger partial charge in [-0.15, -0.1) is 0 Å². The van der Waals surface area contributed by atoms with Crippen LogP contribution in [0.1, 0.15) is 21.6 Å². The zero-order valence-electron chi connectivity index (χ0n) is 16.2. The number of carbonyl (C=O) groups is 2. The molecule has 4 N–H and O–H groups in total. The smallest absolute Gasteiger partial charge is 0.409 e. The van der Waals surface area contributed by atoms with Gasteiger partial charge in [0.05, 0.1) is 5.69 Å². The summed E-state index contributed by atoms with van der Waals surface area (Å²) in [7, 11) is 0. The summed E-state index contributed by atoms with van der Waals surface area (Å²) in [5.41, 5.74) is 2.44. The minimum Gasteiger partial charge on any atom is -0.465 e. The van der Waals surface area contributed by atoms with Gasteiger partial charge < -0.3 is 15.7 Å². The highest BCUT2D eigenvalue weighted by Crippen LogP contribution is 2.24. The Labute approximate surface area is 176 Å². The lowest BCUT2D eigenvalue weighted by molar-refractivity contribution is 0.0933. The van der Waals surface area contributed by atoms with Gasteiger partial charge in [-0.1, -0.05) is 24.3 Å². The third-order valence-electron chi connectivity index (χ3n) is 4.83. The van der Waals surface area contributed by atoms with Gasteiger partial charge in [-0.2, -0.15) is 0 Å². The molecule has 0 radical (unpaired) electrons. The summed E-state index contributed by atoms with van der Waals surface area (Å²) in [5.74, 6) is -2.02. The molecule has 0 saturated heterocycles. The first-order valence-corrected chi connectivity index (χ1v) is 9.48. The second-order valence-electron chi connectivity index (χ2n) is 7.19. The monoisotopic (exact) mass is 424 g/mol. The number of fused-ring (bicyclic) bond motifs is 1. The molecule has 0 aliphatic heterocycles. The Morgan fingerprint density at radius 2 is 1.58 bits per heavy atom. The number of hydrogen-bond donors (Lipinski definition) is 4. The Morgan fingerprint density at radius 1 is 0.935 bits per heavy atom. The first kappa shape index (κ1) is 20.3. The van der Waals surface area contributed by atoms with Crippen molar-refractivity contribution in [3.05, 3.63) is 83.1 Å². The standard InChI is InChI=1S/C22H18F2N4O3/c23-14-7-15(24)9-17(8-14)25-20-11-18(27-22(30)31)10-19(28-20)21(29)26-16-5-12-3-1-2-4-13(12)6-16/h1-4,7-11,16H,5-6H2,(H,26,29)(H,30,31)(H2,25,27,28). The van der Waals surface area contributed by atoms with E-state index < -0.39 is 23.6 Å². The van der Waals surface area contributed by atoms with Crippen LogP contribution in [-0.2, 0) is 12.8 Å². The number of anilines is 3. The van der Waals surface area contributed by atoms with Gasteiger partial charge in [0.15, 0.2) is 0 Å². The molecule has 2 amide bonds. The van der Waals surface area contributed by atoms with Gasteiger partial charge in [-0.3, -0.25) is 10.1 Å². The summed E-state index contributed by atoms with van der Waals surface area (Å²) in [4.78, 5) is 28.1. The molecule has 2 aromatic carbocycles. The van der Waals surface area contributed by atoms with Crippen molar-refractivity contribution in [1.82, 2.24) is 10.3 Å². The van der Waals surface area contributed by atoms with Crippen LogP contribution < -0.4 is 16.0 Å². The normalized spacial score (nSPS) is 12.8. The molecular formula is C22H18F2N4O3. The quantitative estimate of drug-likeness (QED) is 0.494. The van der Waals surface area contributed by atoms with E-state index in [9.17, 15) is 18.4 Å². The van der Waals surface area contributed by atoms with Crippen molar-refractivity contribution in [2.45, 2.75) is 18.9 Å². The van der Waals surface area contributed by atoms with E-state index in [4.69, 9.17) is 5.11 Å². The van der Waals surface area contributed by atoms with E-state index in [0.717, 1.165) is 29.3 Å². The molecule has 0 unspecified atom stereocenters. The highest BCUT2D eigenvalue weighted by atomic mass is 19.1. The molecule has 1 aliphatic rings. The summed E-state index contributed by atoms with van der Waals surface area (Å²) < 4.78 is 26.9. The van der Waals surface area contributed by atoms with Crippen LogP contribution in [0.25, 0.3) is 0 Å². The van der Waals surface area contributed by atoms with Gasteiger partial charge in [-0.05, 0) is 42.2 Å². The van der Waals surface area contributed by atoms with E-state index in [0.29, 0.717) is 12.8 Å². The first-order valence-electron chi connectivity index (χ1n) is 9.48. The summed E-state index contributed by atoms with van der Waals surface area (Å²) >= 11 is 0. The molecule has 0 fully saturated rings. The van der Waals surface area contributed by atoms with E-state index in [1.165, 1.54) is 12.1 Å². The Balaban J connectivity index is 1.56. The summed E-state index contributed by atoms with van der Waals surface area (Å²) in [6.07, 6.45) is 0.0391. The largest absolute Gasteiger partial charge is 0.465 e. The number of hydrogen-bond acceptors (Lipinski definition) is 4. The lowest BCUT2D eigenvalue weighted by atomic mass is 10.1. The van der Waals surface area contributed by atoms with E-state index in [-0.39, 0.29) is 28.9 Å². The van der Waals surface area contributed by atoms with E-state index in [2.05, 4.69) is 20.9 Å². The maximum atomic E-state index is 13.5. The average Bonchev–Trinajstić information content (AvgIpc) is 3.08. The number of nitrogens with one attached hydrogen (secondary N) is 3. The van der Waals surface area contributed by atoms with Crippen LogP contribution in [0.15, 0.2) is 54.6 Å². The fourth-order valence-electron chi connectivity index (χ4n) is 3.60. The molecule has 158 valence electrons. The molecule has 1 heterocycles. The lowest BCUT2D eigenvalue weighted by Gasteiger charge is -2.14. The summed E-state index contributed by atoms with van der Waals surface area (Å²) in [5, 5.41) is 16.8. The number of halogens is 2. The molecule has 0 saturated carbocycles. The van der Waals surface area contributed by atoms with Crippen molar-refractivity contribution in [2.24, 2.45) is 0 Å². The van der Waals surface area contributed by atoms with Crippen LogP contribution in [0.4, 0.5) is 30.8 Å². The zero-order chi connectivity index (χ0) is 22.0. The number of nitrogens with zero attached hydrogens (tertiary/aromatic N) is 1. The van der Waals surface area contributed by atoms with Gasteiger partial charge >= 0.3 is 6.09 Å². The topological polar surface area (TPSA) is 103 Å². The van der Waals surface area contributed by atoms with Gasteiger partial charge in [-0.25, -0.2) is 18.6 Å². The predicted molar refractivity (Wildman–Crippen MR) is 111 cm³/mol. The first-order chi connectivity index (χ1) is 14.9. The number of carbonyl (C=O) groups excluding carboxylic acids is 1. The molecule has 1 aromatic heterocycles. The second kappa shape index (κ2) is 8.39. The highest BCUT2D eigenvalue weighted by molar-refractivity contribution is 5.95. The van der Waals surface area contributed by atoms with Crippen LogP contribution >= 0.6 is 0 Å². The van der Waals surface area contributed by atoms with Crippen molar-refractivity contribution < 1.29 is 23.5 Å². The zero-order valence-corrected chi connectivity index (χ0v) is 16.2. The van der Waals surface area contributed by atoms with E-state index in [1.807, 2.05) is 24.3 Å². The van der Waals surface area contributed by atoms with Crippen LogP contribution in [0.3, 0.4) is 0 Å². The molecule has 31 heavy (non-hydrogen) atoms. The van der Waals surface area contributed by atoms with Crippen molar-refractivity contribution >= 4 is 29.2 Å². The SMILES string of the molecule is O=C(O)Nc1cc(Nc2cc(F)cc(F)c2)nc(C(=O)NC2Cc3ccccc3C2)c1.